The number of hydrogen-bond acceptors (Lipinski definition) is 2. The van der Waals surface area contributed by atoms with E-state index < -0.39 is 0 Å². The zero-order valence-corrected chi connectivity index (χ0v) is 12.7. The van der Waals surface area contributed by atoms with E-state index in [1.807, 2.05) is 24.3 Å². The van der Waals surface area contributed by atoms with E-state index >= 15 is 0 Å². The van der Waals surface area contributed by atoms with Gasteiger partial charge in [-0.25, -0.2) is 0 Å². The van der Waals surface area contributed by atoms with Crippen molar-refractivity contribution in [1.29, 1.82) is 0 Å². The lowest BCUT2D eigenvalue weighted by atomic mass is 9.97. The molecule has 1 aliphatic heterocycles. The van der Waals surface area contributed by atoms with E-state index in [4.69, 9.17) is 0 Å². The van der Waals surface area contributed by atoms with Crippen molar-refractivity contribution < 1.29 is 4.79 Å². The third-order valence-electron chi connectivity index (χ3n) is 4.60. The van der Waals surface area contributed by atoms with Crippen LogP contribution in [0.3, 0.4) is 0 Å². The van der Waals surface area contributed by atoms with Gasteiger partial charge in [0.25, 0.3) is 5.91 Å². The Morgan fingerprint density at radius 3 is 3.00 bits per heavy atom. The Bertz CT molecular complexity index is 634. The van der Waals surface area contributed by atoms with Crippen molar-refractivity contribution in [3.63, 3.8) is 0 Å². The molecule has 1 aromatic heterocycles. The Morgan fingerprint density at radius 2 is 2.19 bits per heavy atom. The Labute approximate surface area is 125 Å². The van der Waals surface area contributed by atoms with Crippen LogP contribution in [-0.2, 0) is 0 Å². The number of likely N-dealkylation sites (N-methyl/N-ethyl adjacent to an activating group) is 1. The van der Waals surface area contributed by atoms with Crippen LogP contribution in [0.4, 0.5) is 0 Å². The van der Waals surface area contributed by atoms with Crippen LogP contribution in [0.15, 0.2) is 30.5 Å². The van der Waals surface area contributed by atoms with Crippen LogP contribution in [0.5, 0.6) is 0 Å². The van der Waals surface area contributed by atoms with Gasteiger partial charge in [0.15, 0.2) is 0 Å². The lowest BCUT2D eigenvalue weighted by molar-refractivity contribution is 0.0886. The van der Waals surface area contributed by atoms with Crippen molar-refractivity contribution in [2.75, 3.05) is 13.6 Å². The van der Waals surface area contributed by atoms with Gasteiger partial charge in [-0.05, 0) is 39.4 Å². The highest BCUT2D eigenvalue weighted by Crippen LogP contribution is 2.20. The second-order valence-corrected chi connectivity index (χ2v) is 6.05. The molecular weight excluding hydrogens is 262 g/mol. The van der Waals surface area contributed by atoms with E-state index in [1.165, 1.54) is 12.8 Å². The van der Waals surface area contributed by atoms with Crippen LogP contribution in [0.1, 0.15) is 36.5 Å². The average Bonchev–Trinajstić information content (AvgIpc) is 2.91. The summed E-state index contributed by atoms with van der Waals surface area (Å²) in [6.07, 6.45) is 5.47. The quantitative estimate of drug-likeness (QED) is 0.911. The Morgan fingerprint density at radius 1 is 1.38 bits per heavy atom. The molecule has 4 nitrogen and oxygen atoms in total. The lowest BCUT2D eigenvalue weighted by Crippen LogP contribution is -2.50. The van der Waals surface area contributed by atoms with Crippen LogP contribution in [0.25, 0.3) is 10.9 Å². The predicted octanol–water partition coefficient (Wildman–Crippen LogP) is 2.77. The van der Waals surface area contributed by atoms with Gasteiger partial charge in [0.2, 0.25) is 0 Å². The van der Waals surface area contributed by atoms with Gasteiger partial charge >= 0.3 is 0 Å². The Balaban J connectivity index is 1.73. The molecule has 2 aromatic rings. The number of piperidine rings is 1. The molecule has 21 heavy (non-hydrogen) atoms. The summed E-state index contributed by atoms with van der Waals surface area (Å²) < 4.78 is 0. The van der Waals surface area contributed by atoms with Crippen molar-refractivity contribution in [3.05, 3.63) is 36.0 Å². The summed E-state index contributed by atoms with van der Waals surface area (Å²) in [5.41, 5.74) is 1.74. The molecule has 2 atom stereocenters. The summed E-state index contributed by atoms with van der Waals surface area (Å²) in [4.78, 5) is 18.1. The largest absolute Gasteiger partial charge is 0.360 e. The second-order valence-electron chi connectivity index (χ2n) is 6.05. The summed E-state index contributed by atoms with van der Waals surface area (Å²) in [6.45, 7) is 3.23. The maximum atomic E-state index is 12.5. The molecule has 3 rings (SSSR count). The predicted molar refractivity (Wildman–Crippen MR) is 85.5 cm³/mol. The first-order valence-corrected chi connectivity index (χ1v) is 7.74. The van der Waals surface area contributed by atoms with Crippen LogP contribution in [0, 0.1) is 0 Å². The highest BCUT2D eigenvalue weighted by Gasteiger charge is 2.26. The van der Waals surface area contributed by atoms with Crippen LogP contribution in [0.2, 0.25) is 0 Å². The number of H-pyrrole nitrogens is 1. The molecule has 0 saturated carbocycles. The van der Waals surface area contributed by atoms with Crippen molar-refractivity contribution in [2.24, 2.45) is 0 Å². The van der Waals surface area contributed by atoms with E-state index in [2.05, 4.69) is 29.2 Å². The fourth-order valence-electron chi connectivity index (χ4n) is 3.37. The molecule has 1 amide bonds. The van der Waals surface area contributed by atoms with Gasteiger partial charge in [0, 0.05) is 29.2 Å². The molecule has 0 aliphatic carbocycles. The Kier molecular flexibility index (Phi) is 3.97. The minimum Gasteiger partial charge on any atom is -0.360 e. The SMILES string of the molecule is CC(NC(=O)c1c[nH]c2ccccc12)C1CCCCN1C. The van der Waals surface area contributed by atoms with Gasteiger partial charge in [-0.1, -0.05) is 24.6 Å². The number of aromatic amines is 1. The first kappa shape index (κ1) is 14.1. The van der Waals surface area contributed by atoms with E-state index in [9.17, 15) is 4.79 Å². The molecule has 1 saturated heterocycles. The number of aromatic nitrogens is 1. The molecule has 2 heterocycles. The third-order valence-corrected chi connectivity index (χ3v) is 4.60. The van der Waals surface area contributed by atoms with Gasteiger partial charge < -0.3 is 15.2 Å². The summed E-state index contributed by atoms with van der Waals surface area (Å²) >= 11 is 0. The number of fused-ring (bicyclic) bond motifs is 1. The highest BCUT2D eigenvalue weighted by molar-refractivity contribution is 6.06. The topological polar surface area (TPSA) is 48.1 Å². The average molecular weight is 285 g/mol. The molecular formula is C17H23N3O. The number of nitrogens with zero attached hydrogens (tertiary/aromatic N) is 1. The second kappa shape index (κ2) is 5.90. The number of carbonyl (C=O) groups is 1. The minimum atomic E-state index is 0.0129. The number of nitrogens with one attached hydrogen (secondary N) is 2. The summed E-state index contributed by atoms with van der Waals surface area (Å²) in [5.74, 6) is 0.0129. The lowest BCUT2D eigenvalue weighted by Gasteiger charge is -2.36. The van der Waals surface area contributed by atoms with Gasteiger partial charge in [-0.3, -0.25) is 4.79 Å². The number of likely N-dealkylation sites (tertiary alicyclic amines) is 1. The van der Waals surface area contributed by atoms with Crippen molar-refractivity contribution in [3.8, 4) is 0 Å². The molecule has 1 aliphatic rings. The van der Waals surface area contributed by atoms with Crippen LogP contribution in [-0.4, -0.2) is 41.5 Å². The summed E-state index contributed by atoms with van der Waals surface area (Å²) in [5, 5.41) is 4.16. The number of carbonyl (C=O) groups excluding carboxylic acids is 1. The monoisotopic (exact) mass is 285 g/mol. The molecule has 1 aromatic carbocycles. The molecule has 0 radical (unpaired) electrons. The van der Waals surface area contributed by atoms with Gasteiger partial charge in [-0.15, -0.1) is 0 Å². The fraction of sp³-hybridized carbons (Fsp3) is 0.471. The Hall–Kier alpha value is -1.81. The van der Waals surface area contributed by atoms with E-state index in [0.29, 0.717) is 6.04 Å². The number of benzene rings is 1. The van der Waals surface area contributed by atoms with E-state index in [1.54, 1.807) is 6.20 Å². The number of para-hydroxylation sites is 1. The highest BCUT2D eigenvalue weighted by atomic mass is 16.1. The van der Waals surface area contributed by atoms with E-state index in [-0.39, 0.29) is 11.9 Å². The summed E-state index contributed by atoms with van der Waals surface area (Å²) in [6, 6.07) is 8.51. The van der Waals surface area contributed by atoms with Gasteiger partial charge in [0.05, 0.1) is 5.56 Å². The molecule has 1 fully saturated rings. The van der Waals surface area contributed by atoms with E-state index in [0.717, 1.165) is 29.4 Å². The third kappa shape index (κ3) is 2.81. The van der Waals surface area contributed by atoms with Gasteiger partial charge in [0.1, 0.15) is 0 Å². The minimum absolute atomic E-state index is 0.0129. The molecule has 4 heteroatoms. The van der Waals surface area contributed by atoms with Crippen LogP contribution < -0.4 is 5.32 Å². The van der Waals surface area contributed by atoms with Crippen molar-refractivity contribution in [1.82, 2.24) is 15.2 Å². The smallest absolute Gasteiger partial charge is 0.253 e. The number of hydrogen-bond donors (Lipinski definition) is 2. The zero-order valence-electron chi connectivity index (χ0n) is 12.7. The number of amides is 1. The standard InChI is InChI=1S/C17H23N3O/c1-12(16-9-5-6-10-20(16)2)19-17(21)14-11-18-15-8-4-3-7-13(14)15/h3-4,7-8,11-12,16,18H,5-6,9-10H2,1-2H3,(H,19,21). The van der Waals surface area contributed by atoms with Gasteiger partial charge in [-0.2, -0.15) is 0 Å². The maximum Gasteiger partial charge on any atom is 0.253 e. The zero-order chi connectivity index (χ0) is 14.8. The molecule has 0 bridgehead atoms. The summed E-state index contributed by atoms with van der Waals surface area (Å²) in [7, 11) is 2.15. The molecule has 112 valence electrons. The fourth-order valence-corrected chi connectivity index (χ4v) is 3.37. The maximum absolute atomic E-state index is 12.5. The first-order chi connectivity index (χ1) is 10.2. The number of rotatable bonds is 3. The molecule has 2 N–H and O–H groups in total. The van der Waals surface area contributed by atoms with Crippen molar-refractivity contribution in [2.45, 2.75) is 38.3 Å². The van der Waals surface area contributed by atoms with Crippen molar-refractivity contribution >= 4 is 16.8 Å². The molecule has 0 spiro atoms. The molecule has 2 unspecified atom stereocenters. The normalized spacial score (nSPS) is 21.3. The van der Waals surface area contributed by atoms with Crippen LogP contribution >= 0.6 is 0 Å². The first-order valence-electron chi connectivity index (χ1n) is 7.74.